The number of hydrogen-bond acceptors (Lipinski definition) is 5. The van der Waals surface area contributed by atoms with Crippen molar-refractivity contribution in [1.29, 1.82) is 0 Å². The highest BCUT2D eigenvalue weighted by Crippen LogP contribution is 2.21. The molecule has 0 aliphatic carbocycles. The Morgan fingerprint density at radius 1 is 1.40 bits per heavy atom. The van der Waals surface area contributed by atoms with Gasteiger partial charge in [-0.2, -0.15) is 0 Å². The molecule has 0 unspecified atom stereocenters. The summed E-state index contributed by atoms with van der Waals surface area (Å²) in [6.07, 6.45) is 4.93. The standard InChI is InChI=1S/C18H27N3O4/c1-12(2)17(23)20-15(11-22)18(24)21-8-5-14(6-9-21)25-16-4-7-19-10-13(16)3/h4,7,10,12,14-15,22H,5-6,8-9,11H2,1-3H3,(H,20,23)/t15-/m0/s1. The van der Waals surface area contributed by atoms with E-state index >= 15 is 0 Å². The van der Waals surface area contributed by atoms with Gasteiger partial charge in [-0.25, -0.2) is 0 Å². The zero-order valence-corrected chi connectivity index (χ0v) is 15.1. The fraction of sp³-hybridized carbons (Fsp3) is 0.611. The average molecular weight is 349 g/mol. The Labute approximate surface area is 148 Å². The summed E-state index contributed by atoms with van der Waals surface area (Å²) in [5.74, 6) is 0.107. The molecule has 0 bridgehead atoms. The highest BCUT2D eigenvalue weighted by molar-refractivity contribution is 5.88. The number of aliphatic hydroxyl groups is 1. The number of carbonyl (C=O) groups excluding carboxylic acids is 2. The number of amides is 2. The van der Waals surface area contributed by atoms with Crippen LogP contribution in [-0.2, 0) is 9.59 Å². The van der Waals surface area contributed by atoms with E-state index in [0.29, 0.717) is 25.9 Å². The van der Waals surface area contributed by atoms with Gasteiger partial charge in [0.05, 0.1) is 6.61 Å². The molecule has 7 nitrogen and oxygen atoms in total. The van der Waals surface area contributed by atoms with E-state index in [1.54, 1.807) is 31.1 Å². The van der Waals surface area contributed by atoms with Gasteiger partial charge in [0, 0.05) is 49.8 Å². The Morgan fingerprint density at radius 2 is 2.08 bits per heavy atom. The summed E-state index contributed by atoms with van der Waals surface area (Å²) in [4.78, 5) is 30.0. The van der Waals surface area contributed by atoms with E-state index in [2.05, 4.69) is 10.3 Å². The number of hydrogen-bond donors (Lipinski definition) is 2. The summed E-state index contributed by atoms with van der Waals surface area (Å²) >= 11 is 0. The van der Waals surface area contributed by atoms with Crippen molar-refractivity contribution in [3.8, 4) is 5.75 Å². The van der Waals surface area contributed by atoms with Gasteiger partial charge in [0.15, 0.2) is 0 Å². The number of aliphatic hydroxyl groups excluding tert-OH is 1. The summed E-state index contributed by atoms with van der Waals surface area (Å²) in [7, 11) is 0. The Morgan fingerprint density at radius 3 is 2.64 bits per heavy atom. The highest BCUT2D eigenvalue weighted by atomic mass is 16.5. The lowest BCUT2D eigenvalue weighted by Crippen LogP contribution is -2.53. The van der Waals surface area contributed by atoms with Crippen molar-refractivity contribution in [1.82, 2.24) is 15.2 Å². The van der Waals surface area contributed by atoms with Crippen molar-refractivity contribution >= 4 is 11.8 Å². The molecule has 1 aromatic heterocycles. The minimum Gasteiger partial charge on any atom is -0.490 e. The van der Waals surface area contributed by atoms with Crippen LogP contribution in [0.5, 0.6) is 5.75 Å². The van der Waals surface area contributed by atoms with Crippen LogP contribution in [0.15, 0.2) is 18.5 Å². The van der Waals surface area contributed by atoms with Crippen molar-refractivity contribution < 1.29 is 19.4 Å². The van der Waals surface area contributed by atoms with Gasteiger partial charge in [0.1, 0.15) is 17.9 Å². The van der Waals surface area contributed by atoms with E-state index in [4.69, 9.17) is 4.74 Å². The number of pyridine rings is 1. The molecule has 1 fully saturated rings. The second-order valence-electron chi connectivity index (χ2n) is 6.68. The lowest BCUT2D eigenvalue weighted by molar-refractivity contribution is -0.139. The first-order valence-electron chi connectivity index (χ1n) is 8.69. The monoisotopic (exact) mass is 349 g/mol. The largest absolute Gasteiger partial charge is 0.490 e. The molecule has 1 atom stereocenters. The molecule has 1 saturated heterocycles. The smallest absolute Gasteiger partial charge is 0.247 e. The maximum Gasteiger partial charge on any atom is 0.247 e. The third-order valence-corrected chi connectivity index (χ3v) is 4.34. The number of piperidine rings is 1. The Bertz CT molecular complexity index is 598. The second-order valence-corrected chi connectivity index (χ2v) is 6.68. The molecule has 0 saturated carbocycles. The molecule has 0 radical (unpaired) electrons. The van der Waals surface area contributed by atoms with Gasteiger partial charge in [-0.1, -0.05) is 13.8 Å². The van der Waals surface area contributed by atoms with Crippen molar-refractivity contribution in [3.63, 3.8) is 0 Å². The molecule has 2 amide bonds. The first kappa shape index (κ1) is 19.2. The van der Waals surface area contributed by atoms with Crippen LogP contribution in [0.3, 0.4) is 0 Å². The predicted molar refractivity (Wildman–Crippen MR) is 93.1 cm³/mol. The summed E-state index contributed by atoms with van der Waals surface area (Å²) < 4.78 is 6.00. The third-order valence-electron chi connectivity index (χ3n) is 4.34. The van der Waals surface area contributed by atoms with Crippen LogP contribution in [0, 0.1) is 12.8 Å². The molecule has 7 heteroatoms. The molecular formula is C18H27N3O4. The second kappa shape index (κ2) is 8.80. The minimum absolute atomic E-state index is 0.0444. The molecule has 2 N–H and O–H groups in total. The fourth-order valence-corrected chi connectivity index (χ4v) is 2.71. The van der Waals surface area contributed by atoms with E-state index in [1.807, 2.05) is 13.0 Å². The Hall–Kier alpha value is -2.15. The maximum absolute atomic E-state index is 12.5. The van der Waals surface area contributed by atoms with Gasteiger partial charge < -0.3 is 20.1 Å². The molecule has 1 aliphatic heterocycles. The molecule has 0 spiro atoms. The number of ether oxygens (including phenoxy) is 1. The lowest BCUT2D eigenvalue weighted by atomic mass is 10.1. The van der Waals surface area contributed by atoms with Gasteiger partial charge >= 0.3 is 0 Å². The summed E-state index contributed by atoms with van der Waals surface area (Å²) in [6, 6.07) is 0.964. The van der Waals surface area contributed by atoms with E-state index in [1.165, 1.54) is 0 Å². The third kappa shape index (κ3) is 5.16. The number of nitrogens with zero attached hydrogens (tertiary/aromatic N) is 2. The summed E-state index contributed by atoms with van der Waals surface area (Å²) in [5, 5.41) is 12.0. The Kier molecular flexibility index (Phi) is 6.75. The van der Waals surface area contributed by atoms with Crippen molar-refractivity contribution in [2.75, 3.05) is 19.7 Å². The van der Waals surface area contributed by atoms with Crippen LogP contribution in [0.1, 0.15) is 32.3 Å². The number of carbonyl (C=O) groups is 2. The molecule has 1 aromatic rings. The van der Waals surface area contributed by atoms with Crippen LogP contribution < -0.4 is 10.1 Å². The van der Waals surface area contributed by atoms with Gasteiger partial charge in [-0.05, 0) is 13.0 Å². The normalized spacial score (nSPS) is 16.6. The van der Waals surface area contributed by atoms with Crippen molar-refractivity contribution in [2.45, 2.75) is 45.8 Å². The lowest BCUT2D eigenvalue weighted by Gasteiger charge is -2.34. The Balaban J connectivity index is 1.87. The fourth-order valence-electron chi connectivity index (χ4n) is 2.71. The molecule has 138 valence electrons. The van der Waals surface area contributed by atoms with Gasteiger partial charge in [-0.15, -0.1) is 0 Å². The van der Waals surface area contributed by atoms with Crippen molar-refractivity contribution in [2.24, 2.45) is 5.92 Å². The van der Waals surface area contributed by atoms with Gasteiger partial charge in [0.25, 0.3) is 0 Å². The molecule has 2 heterocycles. The zero-order chi connectivity index (χ0) is 18.4. The molecule has 0 aromatic carbocycles. The quantitative estimate of drug-likeness (QED) is 0.796. The van der Waals surface area contributed by atoms with Crippen LogP contribution in [-0.4, -0.2) is 58.6 Å². The van der Waals surface area contributed by atoms with E-state index in [0.717, 1.165) is 11.3 Å². The van der Waals surface area contributed by atoms with E-state index in [9.17, 15) is 14.7 Å². The number of nitrogens with one attached hydrogen (secondary N) is 1. The summed E-state index contributed by atoms with van der Waals surface area (Å²) in [5.41, 5.74) is 0.984. The van der Waals surface area contributed by atoms with Crippen LogP contribution in [0.4, 0.5) is 0 Å². The zero-order valence-electron chi connectivity index (χ0n) is 15.1. The first-order valence-corrected chi connectivity index (χ1v) is 8.69. The SMILES string of the molecule is Cc1cnccc1OC1CCN(C(=O)[C@H](CO)NC(=O)C(C)C)CC1. The highest BCUT2D eigenvalue weighted by Gasteiger charge is 2.30. The average Bonchev–Trinajstić information content (AvgIpc) is 2.61. The van der Waals surface area contributed by atoms with Gasteiger partial charge in [-0.3, -0.25) is 14.6 Å². The number of aryl methyl sites for hydroxylation is 1. The molecular weight excluding hydrogens is 322 g/mol. The van der Waals surface area contributed by atoms with Crippen LogP contribution in [0.2, 0.25) is 0 Å². The first-order chi connectivity index (χ1) is 11.9. The number of rotatable bonds is 6. The summed E-state index contributed by atoms with van der Waals surface area (Å²) in [6.45, 7) is 6.13. The topological polar surface area (TPSA) is 91.8 Å². The molecule has 1 aliphatic rings. The predicted octanol–water partition coefficient (Wildman–Crippen LogP) is 0.893. The maximum atomic E-state index is 12.5. The molecule has 25 heavy (non-hydrogen) atoms. The number of likely N-dealkylation sites (tertiary alicyclic amines) is 1. The number of aromatic nitrogens is 1. The van der Waals surface area contributed by atoms with Crippen molar-refractivity contribution in [3.05, 3.63) is 24.0 Å². The van der Waals surface area contributed by atoms with Gasteiger partial charge in [0.2, 0.25) is 11.8 Å². The molecule has 2 rings (SSSR count). The van der Waals surface area contributed by atoms with E-state index in [-0.39, 0.29) is 23.8 Å². The van der Waals surface area contributed by atoms with Crippen LogP contribution >= 0.6 is 0 Å². The minimum atomic E-state index is -0.880. The van der Waals surface area contributed by atoms with Crippen LogP contribution in [0.25, 0.3) is 0 Å². The van der Waals surface area contributed by atoms with E-state index < -0.39 is 12.6 Å².